The highest BCUT2D eigenvalue weighted by atomic mass is 35.5. The Hall–Kier alpha value is -1.30. The highest BCUT2D eigenvalue weighted by Gasteiger charge is 2.11. The quantitative estimate of drug-likeness (QED) is 0.805. The summed E-state index contributed by atoms with van der Waals surface area (Å²) < 4.78 is 10.3. The molecule has 1 aromatic rings. The second-order valence-corrected chi connectivity index (χ2v) is 4.20. The monoisotopic (exact) mass is 286 g/mol. The number of carbonyl (C=O) groups excluding carboxylic acids is 1. The Kier molecular flexibility index (Phi) is 6.62. The van der Waals surface area contributed by atoms with Gasteiger partial charge in [-0.1, -0.05) is 11.6 Å². The Morgan fingerprint density at radius 1 is 1.53 bits per heavy atom. The number of furan rings is 1. The lowest BCUT2D eigenvalue weighted by molar-refractivity contribution is 0.0920. The van der Waals surface area contributed by atoms with Crippen molar-refractivity contribution in [1.82, 2.24) is 10.6 Å². The van der Waals surface area contributed by atoms with E-state index in [1.54, 1.807) is 19.2 Å². The Morgan fingerprint density at radius 3 is 3.05 bits per heavy atom. The lowest BCUT2D eigenvalue weighted by Gasteiger charge is -2.14. The predicted octanol–water partition coefficient (Wildman–Crippen LogP) is 1.50. The van der Waals surface area contributed by atoms with Crippen molar-refractivity contribution in [3.63, 3.8) is 0 Å². The maximum absolute atomic E-state index is 11.8. The lowest BCUT2D eigenvalue weighted by atomic mass is 10.1. The highest BCUT2D eigenvalue weighted by Crippen LogP contribution is 2.09. The van der Waals surface area contributed by atoms with E-state index in [9.17, 15) is 4.79 Å². The number of rotatable bonds is 5. The number of hydrogen-bond acceptors (Lipinski definition) is 4. The summed E-state index contributed by atoms with van der Waals surface area (Å²) in [5, 5.41) is 6.08. The van der Waals surface area contributed by atoms with Gasteiger partial charge < -0.3 is 19.8 Å². The Labute approximate surface area is 118 Å². The van der Waals surface area contributed by atoms with Crippen LogP contribution in [0.5, 0.6) is 0 Å². The SMILES string of the molecule is COCc1ccc(C(=O)NCC2=CCNCC2)o1.Cl. The van der Waals surface area contributed by atoms with Gasteiger partial charge in [-0.15, -0.1) is 12.4 Å². The molecule has 0 saturated heterocycles. The molecular formula is C13H19ClN2O3. The van der Waals surface area contributed by atoms with Crippen LogP contribution < -0.4 is 10.6 Å². The molecule has 106 valence electrons. The Balaban J connectivity index is 0.00000180. The molecule has 5 nitrogen and oxygen atoms in total. The van der Waals surface area contributed by atoms with E-state index in [1.165, 1.54) is 5.57 Å². The van der Waals surface area contributed by atoms with Crippen LogP contribution in [0.4, 0.5) is 0 Å². The van der Waals surface area contributed by atoms with Gasteiger partial charge in [0.15, 0.2) is 5.76 Å². The van der Waals surface area contributed by atoms with E-state index < -0.39 is 0 Å². The van der Waals surface area contributed by atoms with Crippen molar-refractivity contribution >= 4 is 18.3 Å². The molecule has 1 aliphatic rings. The van der Waals surface area contributed by atoms with Crippen LogP contribution in [0.15, 0.2) is 28.2 Å². The lowest BCUT2D eigenvalue weighted by Crippen LogP contribution is -2.29. The maximum atomic E-state index is 11.8. The van der Waals surface area contributed by atoms with Gasteiger partial charge in [0.05, 0.1) is 0 Å². The molecule has 1 aromatic heterocycles. The number of nitrogens with one attached hydrogen (secondary N) is 2. The van der Waals surface area contributed by atoms with Crippen LogP contribution in [-0.2, 0) is 11.3 Å². The van der Waals surface area contributed by atoms with E-state index >= 15 is 0 Å². The molecule has 0 aromatic carbocycles. The Bertz CT molecular complexity index is 443. The van der Waals surface area contributed by atoms with E-state index in [1.807, 2.05) is 0 Å². The molecule has 0 radical (unpaired) electrons. The maximum Gasteiger partial charge on any atom is 0.287 e. The summed E-state index contributed by atoms with van der Waals surface area (Å²) in [6, 6.07) is 3.42. The number of methoxy groups -OCH3 is 1. The fourth-order valence-corrected chi connectivity index (χ4v) is 1.83. The molecule has 19 heavy (non-hydrogen) atoms. The van der Waals surface area contributed by atoms with Crippen LogP contribution in [0.3, 0.4) is 0 Å². The molecule has 2 N–H and O–H groups in total. The van der Waals surface area contributed by atoms with Crippen molar-refractivity contribution in [1.29, 1.82) is 0 Å². The number of hydrogen-bond donors (Lipinski definition) is 2. The van der Waals surface area contributed by atoms with Crippen LogP contribution in [-0.4, -0.2) is 32.7 Å². The molecule has 2 heterocycles. The number of carbonyl (C=O) groups is 1. The average molecular weight is 287 g/mol. The second kappa shape index (κ2) is 7.99. The average Bonchev–Trinajstić information content (AvgIpc) is 2.86. The smallest absolute Gasteiger partial charge is 0.287 e. The topological polar surface area (TPSA) is 63.5 Å². The van der Waals surface area contributed by atoms with Gasteiger partial charge in [-0.3, -0.25) is 4.79 Å². The first-order valence-electron chi connectivity index (χ1n) is 6.04. The van der Waals surface area contributed by atoms with Crippen molar-refractivity contribution in [2.45, 2.75) is 13.0 Å². The molecule has 0 saturated carbocycles. The number of ether oxygens (including phenoxy) is 1. The van der Waals surface area contributed by atoms with Gasteiger partial charge in [0, 0.05) is 20.2 Å². The largest absolute Gasteiger partial charge is 0.453 e. The fraction of sp³-hybridized carbons (Fsp3) is 0.462. The molecule has 0 bridgehead atoms. The third-order valence-corrected chi connectivity index (χ3v) is 2.81. The fourth-order valence-electron chi connectivity index (χ4n) is 1.83. The van der Waals surface area contributed by atoms with E-state index in [2.05, 4.69) is 16.7 Å². The first-order valence-corrected chi connectivity index (χ1v) is 6.04. The zero-order chi connectivity index (χ0) is 12.8. The summed E-state index contributed by atoms with van der Waals surface area (Å²) in [5.41, 5.74) is 1.26. The van der Waals surface area contributed by atoms with E-state index in [-0.39, 0.29) is 18.3 Å². The summed E-state index contributed by atoms with van der Waals surface area (Å²) >= 11 is 0. The molecule has 6 heteroatoms. The standard InChI is InChI=1S/C13H18N2O3.ClH/c1-17-9-11-2-3-12(18-11)13(16)15-8-10-4-6-14-7-5-10;/h2-4,14H,5-9H2,1H3,(H,15,16);1H. The third kappa shape index (κ3) is 4.70. The van der Waals surface area contributed by atoms with Crippen LogP contribution in [0.1, 0.15) is 22.7 Å². The van der Waals surface area contributed by atoms with Gasteiger partial charge in [0.25, 0.3) is 5.91 Å². The first kappa shape index (κ1) is 15.8. The van der Waals surface area contributed by atoms with Crippen molar-refractivity contribution in [3.05, 3.63) is 35.3 Å². The second-order valence-electron chi connectivity index (χ2n) is 4.20. The molecular weight excluding hydrogens is 268 g/mol. The number of amides is 1. The normalized spacial score (nSPS) is 14.5. The van der Waals surface area contributed by atoms with Crippen LogP contribution in [0.2, 0.25) is 0 Å². The van der Waals surface area contributed by atoms with E-state index in [0.717, 1.165) is 19.5 Å². The van der Waals surface area contributed by atoms with Crippen molar-refractivity contribution in [3.8, 4) is 0 Å². The summed E-state index contributed by atoms with van der Waals surface area (Å²) in [4.78, 5) is 11.8. The first-order chi connectivity index (χ1) is 8.79. The van der Waals surface area contributed by atoms with Gasteiger partial charge in [0.1, 0.15) is 12.4 Å². The van der Waals surface area contributed by atoms with Crippen LogP contribution in [0.25, 0.3) is 0 Å². The Morgan fingerprint density at radius 2 is 2.37 bits per heavy atom. The molecule has 0 unspecified atom stereocenters. The van der Waals surface area contributed by atoms with E-state index in [4.69, 9.17) is 9.15 Å². The minimum Gasteiger partial charge on any atom is -0.453 e. The number of halogens is 1. The van der Waals surface area contributed by atoms with Crippen LogP contribution in [0, 0.1) is 0 Å². The summed E-state index contributed by atoms with van der Waals surface area (Å²) in [6.07, 6.45) is 3.09. The molecule has 0 atom stereocenters. The predicted molar refractivity (Wildman–Crippen MR) is 74.6 cm³/mol. The molecule has 0 aliphatic carbocycles. The molecule has 0 fully saturated rings. The minimum absolute atomic E-state index is 0. The van der Waals surface area contributed by atoms with Gasteiger partial charge in [0.2, 0.25) is 0 Å². The summed E-state index contributed by atoms with van der Waals surface area (Å²) in [7, 11) is 1.59. The van der Waals surface area contributed by atoms with E-state index in [0.29, 0.717) is 24.7 Å². The van der Waals surface area contributed by atoms with Crippen molar-refractivity contribution < 1.29 is 13.9 Å². The molecule has 2 rings (SSSR count). The van der Waals surface area contributed by atoms with Gasteiger partial charge in [-0.2, -0.15) is 0 Å². The molecule has 1 aliphatic heterocycles. The zero-order valence-corrected chi connectivity index (χ0v) is 11.7. The van der Waals surface area contributed by atoms with Crippen molar-refractivity contribution in [2.24, 2.45) is 0 Å². The van der Waals surface area contributed by atoms with Gasteiger partial charge >= 0.3 is 0 Å². The van der Waals surface area contributed by atoms with Gasteiger partial charge in [-0.25, -0.2) is 0 Å². The van der Waals surface area contributed by atoms with Gasteiger partial charge in [-0.05, 0) is 25.1 Å². The van der Waals surface area contributed by atoms with Crippen molar-refractivity contribution in [2.75, 3.05) is 26.7 Å². The molecule has 1 amide bonds. The molecule has 0 spiro atoms. The van der Waals surface area contributed by atoms with Crippen LogP contribution >= 0.6 is 12.4 Å². The highest BCUT2D eigenvalue weighted by molar-refractivity contribution is 5.91. The minimum atomic E-state index is -0.184. The summed E-state index contributed by atoms with van der Waals surface area (Å²) in [6.45, 7) is 2.81. The third-order valence-electron chi connectivity index (χ3n) is 2.81. The summed E-state index contributed by atoms with van der Waals surface area (Å²) in [5.74, 6) is 0.803. The zero-order valence-electron chi connectivity index (χ0n) is 10.9.